The molecule has 0 nitrogen and oxygen atoms in total. The molecule has 7 heavy (non-hydrogen) atoms. The van der Waals surface area contributed by atoms with E-state index in [1.165, 1.54) is 17.7 Å². The summed E-state index contributed by atoms with van der Waals surface area (Å²) in [7, 11) is 0. The number of allylic oxidation sites excluding steroid dienone is 1. The summed E-state index contributed by atoms with van der Waals surface area (Å²) in [4.78, 5) is 0. The third-order valence-corrected chi connectivity index (χ3v) is 0.356. The average Bonchev–Trinajstić information content (AvgIpc) is 1.30. The maximum atomic E-state index is 11.0. The summed E-state index contributed by atoms with van der Waals surface area (Å²) in [5.74, 6) is 0. The molecule has 0 rings (SSSR count). The molecule has 0 spiro atoms. The molecule has 0 fully saturated rings. The molecule has 0 aromatic rings. The standard InChI is InChI=1S/C3H2F3.Li/c1-2-3(4,5)6;/h1-2H;. The second-order valence-electron chi connectivity index (χ2n) is 1.04. The van der Waals surface area contributed by atoms with Crippen molar-refractivity contribution in [3.8, 4) is 0 Å². The van der Waals surface area contributed by atoms with Crippen LogP contribution < -0.4 is 0 Å². The van der Waals surface area contributed by atoms with E-state index in [9.17, 15) is 13.2 Å². The summed E-state index contributed by atoms with van der Waals surface area (Å²) in [6.45, 7) is 0. The van der Waals surface area contributed by atoms with E-state index in [2.05, 4.69) is 0 Å². The summed E-state index contributed by atoms with van der Waals surface area (Å²) in [5, 5.41) is 0. The predicted molar refractivity (Wildman–Crippen MR) is 20.9 cm³/mol. The minimum absolute atomic E-state index is 0.188. The third kappa shape index (κ3) is 6.13. The Bertz CT molecular complexity index is 72.7. The molecule has 0 aliphatic carbocycles. The van der Waals surface area contributed by atoms with Crippen LogP contribution in [0.5, 0.6) is 0 Å². The molecule has 0 heterocycles. The van der Waals surface area contributed by atoms with E-state index in [4.69, 9.17) is 0 Å². The number of alkyl halides is 3. The van der Waals surface area contributed by atoms with Gasteiger partial charge in [0.25, 0.3) is 0 Å². The van der Waals surface area contributed by atoms with Crippen molar-refractivity contribution in [2.75, 3.05) is 0 Å². The van der Waals surface area contributed by atoms with Gasteiger partial charge in [0, 0.05) is 0 Å². The number of hydrogen-bond donors (Lipinski definition) is 0. The van der Waals surface area contributed by atoms with Crippen LogP contribution in [0.1, 0.15) is 0 Å². The normalized spacial score (nSPS) is 13.3. The van der Waals surface area contributed by atoms with Crippen LogP contribution in [0.4, 0.5) is 13.2 Å². The molecule has 0 unspecified atom stereocenters. The van der Waals surface area contributed by atoms with E-state index in [0.29, 0.717) is 0 Å². The molecule has 0 aliphatic heterocycles. The van der Waals surface area contributed by atoms with Crippen LogP contribution in [0.15, 0.2) is 10.8 Å². The zero-order valence-corrected chi connectivity index (χ0v) is 3.79. The fourth-order valence-corrected chi connectivity index (χ4v) is 0.189. The van der Waals surface area contributed by atoms with Crippen molar-refractivity contribution in [2.45, 2.75) is 6.18 Å². The Morgan fingerprint density at radius 1 is 1.29 bits per heavy atom. The zero-order valence-electron chi connectivity index (χ0n) is 3.79. The SMILES string of the molecule is [Li][CH]=CC(F)(F)F. The zero-order chi connectivity index (χ0) is 5.91. The third-order valence-electron chi connectivity index (χ3n) is 0.356. The molecule has 0 bridgehead atoms. The van der Waals surface area contributed by atoms with Crippen LogP contribution in [0.3, 0.4) is 0 Å². The van der Waals surface area contributed by atoms with Gasteiger partial charge in [-0.3, -0.25) is 0 Å². The topological polar surface area (TPSA) is 0 Å². The Hall–Kier alpha value is 0.127. The van der Waals surface area contributed by atoms with Crippen LogP contribution in [0.2, 0.25) is 0 Å². The monoisotopic (exact) mass is 102 g/mol. The Morgan fingerprint density at radius 3 is 1.71 bits per heavy atom. The summed E-state index contributed by atoms with van der Waals surface area (Å²) in [6, 6.07) is 0. The van der Waals surface area contributed by atoms with Crippen molar-refractivity contribution in [3.63, 3.8) is 0 Å². The molecular weight excluding hydrogens is 100.0 g/mol. The molecule has 0 saturated heterocycles. The van der Waals surface area contributed by atoms with Crippen molar-refractivity contribution in [1.29, 1.82) is 0 Å². The van der Waals surface area contributed by atoms with Crippen LogP contribution in [0, 0.1) is 0 Å². The van der Waals surface area contributed by atoms with Crippen molar-refractivity contribution in [1.82, 2.24) is 0 Å². The molecule has 0 aromatic carbocycles. The molecule has 36 valence electrons. The van der Waals surface area contributed by atoms with Gasteiger partial charge in [0.15, 0.2) is 0 Å². The van der Waals surface area contributed by atoms with Gasteiger partial charge in [0.1, 0.15) is 0 Å². The Labute approximate surface area is 48.6 Å². The molecule has 0 aromatic heterocycles. The summed E-state index contributed by atoms with van der Waals surface area (Å²) in [5.41, 5.74) is 0. The summed E-state index contributed by atoms with van der Waals surface area (Å²) < 4.78 is 33.9. The minimum atomic E-state index is -4.13. The molecule has 0 N–H and O–H groups in total. The Morgan fingerprint density at radius 2 is 1.71 bits per heavy atom. The van der Waals surface area contributed by atoms with Gasteiger partial charge in [-0.1, -0.05) is 0 Å². The second-order valence-corrected chi connectivity index (χ2v) is 1.04. The van der Waals surface area contributed by atoms with Crippen LogP contribution in [0.25, 0.3) is 0 Å². The first kappa shape index (κ1) is 7.13. The van der Waals surface area contributed by atoms with Crippen LogP contribution >= 0.6 is 0 Å². The summed E-state index contributed by atoms with van der Waals surface area (Å²) in [6.07, 6.45) is -3.94. The van der Waals surface area contributed by atoms with Crippen LogP contribution in [-0.4, -0.2) is 23.9 Å². The van der Waals surface area contributed by atoms with Crippen molar-refractivity contribution < 1.29 is 13.2 Å². The molecular formula is C3H2F3Li. The fourth-order valence-electron chi connectivity index (χ4n) is 0.189. The predicted octanol–water partition coefficient (Wildman–Crippen LogP) is 1.23. The van der Waals surface area contributed by atoms with Gasteiger partial charge in [-0.05, 0) is 0 Å². The fraction of sp³-hybridized carbons (Fsp3) is 0.333. The maximum absolute atomic E-state index is 11.0. The van der Waals surface area contributed by atoms with E-state index in [-0.39, 0.29) is 6.08 Å². The van der Waals surface area contributed by atoms with E-state index >= 15 is 0 Å². The van der Waals surface area contributed by atoms with Gasteiger partial charge in [0.05, 0.1) is 0 Å². The van der Waals surface area contributed by atoms with Gasteiger partial charge in [-0.15, -0.1) is 0 Å². The molecule has 0 aliphatic rings. The quantitative estimate of drug-likeness (QED) is 0.403. The average molecular weight is 102 g/mol. The first-order chi connectivity index (χ1) is 3.06. The van der Waals surface area contributed by atoms with E-state index in [1.54, 1.807) is 0 Å². The van der Waals surface area contributed by atoms with Gasteiger partial charge >= 0.3 is 47.9 Å². The molecule has 4 heteroatoms. The van der Waals surface area contributed by atoms with Crippen molar-refractivity contribution in [3.05, 3.63) is 10.8 Å². The summed E-state index contributed by atoms with van der Waals surface area (Å²) >= 11 is 1.33. The first-order valence-electron chi connectivity index (χ1n) is 1.77. The molecule has 0 amide bonds. The van der Waals surface area contributed by atoms with Crippen molar-refractivity contribution >= 4 is 17.7 Å². The van der Waals surface area contributed by atoms with E-state index < -0.39 is 6.18 Å². The van der Waals surface area contributed by atoms with Gasteiger partial charge in [0.2, 0.25) is 0 Å². The first-order valence-corrected chi connectivity index (χ1v) is 1.77. The molecule has 0 atom stereocenters. The van der Waals surface area contributed by atoms with E-state index in [1.807, 2.05) is 0 Å². The number of hydrogen-bond acceptors (Lipinski definition) is 0. The second kappa shape index (κ2) is 2.44. The van der Waals surface area contributed by atoms with Crippen LogP contribution in [-0.2, 0) is 0 Å². The Balaban J connectivity index is 3.56. The molecule has 0 radical (unpaired) electrons. The number of halogens is 3. The Kier molecular flexibility index (Phi) is 2.48. The van der Waals surface area contributed by atoms with Crippen molar-refractivity contribution in [2.24, 2.45) is 0 Å². The van der Waals surface area contributed by atoms with Gasteiger partial charge in [-0.2, -0.15) is 0 Å². The van der Waals surface area contributed by atoms with Gasteiger partial charge in [-0.25, -0.2) is 0 Å². The molecule has 0 saturated carbocycles. The number of rotatable bonds is 0. The van der Waals surface area contributed by atoms with E-state index in [0.717, 1.165) is 4.75 Å². The van der Waals surface area contributed by atoms with Gasteiger partial charge < -0.3 is 0 Å².